The van der Waals surface area contributed by atoms with Gasteiger partial charge in [-0.25, -0.2) is 0 Å². The highest BCUT2D eigenvalue weighted by molar-refractivity contribution is 9.10. The maximum Gasteiger partial charge on any atom is 0.169 e. The van der Waals surface area contributed by atoms with Crippen molar-refractivity contribution in [2.24, 2.45) is 5.73 Å². The summed E-state index contributed by atoms with van der Waals surface area (Å²) in [5.74, 6) is 0.822. The monoisotopic (exact) mass is 358 g/mol. The van der Waals surface area contributed by atoms with E-state index in [0.717, 1.165) is 15.9 Å². The number of hydrogen-bond acceptors (Lipinski definition) is 3. The standard InChI is InChI=1S/C12H12Br2N2O/c13-8-1-3-9(4-2-8)16-10(7-15)11-5-6-12(14)17-11/h1-6,10,16H,7,15H2. The van der Waals surface area contributed by atoms with Gasteiger partial charge in [-0.1, -0.05) is 15.9 Å². The lowest BCUT2D eigenvalue weighted by Crippen LogP contribution is -2.19. The molecule has 17 heavy (non-hydrogen) atoms. The molecule has 90 valence electrons. The van der Waals surface area contributed by atoms with Crippen LogP contribution in [-0.2, 0) is 0 Å². The van der Waals surface area contributed by atoms with Gasteiger partial charge >= 0.3 is 0 Å². The first kappa shape index (κ1) is 12.7. The fraction of sp³-hybridized carbons (Fsp3) is 0.167. The number of hydrogen-bond donors (Lipinski definition) is 2. The summed E-state index contributed by atoms with van der Waals surface area (Å²) in [7, 11) is 0. The van der Waals surface area contributed by atoms with Crippen LogP contribution in [0.2, 0.25) is 0 Å². The van der Waals surface area contributed by atoms with Gasteiger partial charge in [-0.05, 0) is 52.3 Å². The van der Waals surface area contributed by atoms with E-state index in [4.69, 9.17) is 10.2 Å². The molecule has 0 aliphatic rings. The summed E-state index contributed by atoms with van der Waals surface area (Å²) in [4.78, 5) is 0. The van der Waals surface area contributed by atoms with Crippen molar-refractivity contribution in [1.29, 1.82) is 0 Å². The van der Waals surface area contributed by atoms with Crippen molar-refractivity contribution in [3.63, 3.8) is 0 Å². The Morgan fingerprint density at radius 2 is 1.82 bits per heavy atom. The molecule has 2 aromatic rings. The SMILES string of the molecule is NCC(Nc1ccc(Br)cc1)c1ccc(Br)o1. The number of furan rings is 1. The predicted octanol–water partition coefficient (Wildman–Crippen LogP) is 3.92. The molecule has 1 unspecified atom stereocenters. The Hall–Kier alpha value is -0.780. The van der Waals surface area contributed by atoms with Crippen molar-refractivity contribution in [2.45, 2.75) is 6.04 Å². The molecule has 0 amide bonds. The lowest BCUT2D eigenvalue weighted by Gasteiger charge is -2.15. The number of nitrogens with one attached hydrogen (secondary N) is 1. The van der Waals surface area contributed by atoms with E-state index in [-0.39, 0.29) is 6.04 Å². The third-order valence-electron chi connectivity index (χ3n) is 2.36. The molecule has 0 saturated heterocycles. The van der Waals surface area contributed by atoms with Gasteiger partial charge in [-0.2, -0.15) is 0 Å². The number of halogens is 2. The van der Waals surface area contributed by atoms with Crippen LogP contribution in [0.25, 0.3) is 0 Å². The largest absolute Gasteiger partial charge is 0.452 e. The summed E-state index contributed by atoms with van der Waals surface area (Å²) in [5, 5.41) is 3.33. The van der Waals surface area contributed by atoms with Crippen molar-refractivity contribution >= 4 is 37.5 Å². The molecule has 1 atom stereocenters. The minimum Gasteiger partial charge on any atom is -0.452 e. The van der Waals surface area contributed by atoms with Gasteiger partial charge in [-0.15, -0.1) is 0 Å². The Balaban J connectivity index is 2.12. The van der Waals surface area contributed by atoms with Gasteiger partial charge in [0.2, 0.25) is 0 Å². The lowest BCUT2D eigenvalue weighted by molar-refractivity contribution is 0.463. The maximum absolute atomic E-state index is 5.74. The second-order valence-electron chi connectivity index (χ2n) is 3.58. The number of benzene rings is 1. The van der Waals surface area contributed by atoms with Crippen LogP contribution in [0.5, 0.6) is 0 Å². The molecule has 0 aliphatic heterocycles. The van der Waals surface area contributed by atoms with Crippen LogP contribution < -0.4 is 11.1 Å². The normalized spacial score (nSPS) is 12.4. The molecule has 3 N–H and O–H groups in total. The van der Waals surface area contributed by atoms with E-state index < -0.39 is 0 Å². The van der Waals surface area contributed by atoms with Crippen molar-refractivity contribution in [3.05, 3.63) is 51.3 Å². The van der Waals surface area contributed by atoms with E-state index in [2.05, 4.69) is 37.2 Å². The molecule has 0 bridgehead atoms. The third kappa shape index (κ3) is 3.34. The fourth-order valence-electron chi connectivity index (χ4n) is 1.51. The Labute approximate surface area is 117 Å². The Morgan fingerprint density at radius 1 is 1.12 bits per heavy atom. The molecule has 1 aromatic heterocycles. The first-order valence-electron chi connectivity index (χ1n) is 5.16. The van der Waals surface area contributed by atoms with Crippen LogP contribution in [0.15, 0.2) is 50.0 Å². The van der Waals surface area contributed by atoms with Crippen LogP contribution in [-0.4, -0.2) is 6.54 Å². The molecule has 1 heterocycles. The summed E-state index contributed by atoms with van der Waals surface area (Å²) < 4.78 is 7.26. The Morgan fingerprint density at radius 3 is 2.35 bits per heavy atom. The van der Waals surface area contributed by atoms with E-state index >= 15 is 0 Å². The first-order chi connectivity index (χ1) is 8.19. The van der Waals surface area contributed by atoms with Crippen LogP contribution in [0, 0.1) is 0 Å². The van der Waals surface area contributed by atoms with Gasteiger partial charge < -0.3 is 15.5 Å². The minimum absolute atomic E-state index is 0.0255. The van der Waals surface area contributed by atoms with Gasteiger partial charge in [-0.3, -0.25) is 0 Å². The zero-order chi connectivity index (χ0) is 12.3. The number of nitrogens with two attached hydrogens (primary N) is 1. The molecule has 1 aromatic carbocycles. The van der Waals surface area contributed by atoms with Crippen molar-refractivity contribution in [3.8, 4) is 0 Å². The van der Waals surface area contributed by atoms with Gasteiger partial charge in [0.25, 0.3) is 0 Å². The molecule has 0 aliphatic carbocycles. The molecular formula is C12H12Br2N2O. The van der Waals surface area contributed by atoms with E-state index in [1.807, 2.05) is 36.4 Å². The quantitative estimate of drug-likeness (QED) is 0.869. The number of anilines is 1. The molecule has 0 spiro atoms. The van der Waals surface area contributed by atoms with Gasteiger partial charge in [0.15, 0.2) is 4.67 Å². The third-order valence-corrected chi connectivity index (χ3v) is 3.31. The maximum atomic E-state index is 5.74. The van der Waals surface area contributed by atoms with Crippen LogP contribution in [0.3, 0.4) is 0 Å². The van der Waals surface area contributed by atoms with E-state index in [0.29, 0.717) is 11.2 Å². The second kappa shape index (κ2) is 5.71. The zero-order valence-electron chi connectivity index (χ0n) is 8.99. The topological polar surface area (TPSA) is 51.2 Å². The smallest absolute Gasteiger partial charge is 0.169 e. The van der Waals surface area contributed by atoms with E-state index in [9.17, 15) is 0 Å². The average Bonchev–Trinajstić information content (AvgIpc) is 2.75. The average molecular weight is 360 g/mol. The van der Waals surface area contributed by atoms with Crippen LogP contribution in [0.4, 0.5) is 5.69 Å². The molecule has 0 radical (unpaired) electrons. The minimum atomic E-state index is -0.0255. The van der Waals surface area contributed by atoms with E-state index in [1.54, 1.807) is 0 Å². The summed E-state index contributed by atoms with van der Waals surface area (Å²) in [6, 6.07) is 11.7. The van der Waals surface area contributed by atoms with Crippen molar-refractivity contribution in [2.75, 3.05) is 11.9 Å². The second-order valence-corrected chi connectivity index (χ2v) is 5.28. The highest BCUT2D eigenvalue weighted by atomic mass is 79.9. The van der Waals surface area contributed by atoms with Gasteiger partial charge in [0.1, 0.15) is 5.76 Å². The van der Waals surface area contributed by atoms with Crippen LogP contribution in [0.1, 0.15) is 11.8 Å². The fourth-order valence-corrected chi connectivity index (χ4v) is 2.09. The molecule has 3 nitrogen and oxygen atoms in total. The zero-order valence-corrected chi connectivity index (χ0v) is 12.2. The molecular weight excluding hydrogens is 348 g/mol. The van der Waals surface area contributed by atoms with Crippen molar-refractivity contribution in [1.82, 2.24) is 0 Å². The van der Waals surface area contributed by atoms with Crippen molar-refractivity contribution < 1.29 is 4.42 Å². The highest BCUT2D eigenvalue weighted by Crippen LogP contribution is 2.24. The molecule has 2 rings (SSSR count). The van der Waals surface area contributed by atoms with Gasteiger partial charge in [0.05, 0.1) is 6.04 Å². The Kier molecular flexibility index (Phi) is 4.25. The first-order valence-corrected chi connectivity index (χ1v) is 6.75. The molecule has 0 fully saturated rings. The summed E-state index contributed by atoms with van der Waals surface area (Å²) in [5.41, 5.74) is 6.76. The lowest BCUT2D eigenvalue weighted by atomic mass is 10.2. The van der Waals surface area contributed by atoms with Gasteiger partial charge in [0, 0.05) is 16.7 Å². The predicted molar refractivity (Wildman–Crippen MR) is 76.0 cm³/mol. The van der Waals surface area contributed by atoms with E-state index in [1.165, 1.54) is 0 Å². The summed E-state index contributed by atoms with van der Waals surface area (Å²) >= 11 is 6.68. The molecule has 0 saturated carbocycles. The highest BCUT2D eigenvalue weighted by Gasteiger charge is 2.13. The Bertz CT molecular complexity index is 482. The molecule has 5 heteroatoms. The summed E-state index contributed by atoms with van der Waals surface area (Å²) in [6.45, 7) is 0.468. The number of rotatable bonds is 4. The van der Waals surface area contributed by atoms with Crippen LogP contribution >= 0.6 is 31.9 Å². The summed E-state index contributed by atoms with van der Waals surface area (Å²) in [6.07, 6.45) is 0.